The van der Waals surface area contributed by atoms with Crippen molar-refractivity contribution in [2.24, 2.45) is 0 Å². The maximum Gasteiger partial charge on any atom is 0.0178 e. The molecule has 2 N–H and O–H groups in total. The Kier molecular flexibility index (Phi) is 6.18. The molecule has 0 radical (unpaired) electrons. The summed E-state index contributed by atoms with van der Waals surface area (Å²) < 4.78 is 1.17. The minimum Gasteiger partial charge on any atom is -0.316 e. The van der Waals surface area contributed by atoms with E-state index < -0.39 is 0 Å². The first-order valence-corrected chi connectivity index (χ1v) is 7.82. The molecule has 1 heterocycles. The van der Waals surface area contributed by atoms with Crippen molar-refractivity contribution in [3.8, 4) is 0 Å². The van der Waals surface area contributed by atoms with Crippen molar-refractivity contribution >= 4 is 15.9 Å². The SMILES string of the molecule is Brc1cccc(CCNCCC2CCCCN2)c1. The Balaban J connectivity index is 1.55. The standard InChI is InChI=1S/C15H23BrN2/c16-14-5-3-4-13(12-14)7-10-17-11-8-15-6-1-2-9-18-15/h3-5,12,15,17-18H,1-2,6-11H2. The van der Waals surface area contributed by atoms with Gasteiger partial charge in [0.05, 0.1) is 0 Å². The van der Waals surface area contributed by atoms with Crippen LogP contribution in [-0.4, -0.2) is 25.7 Å². The molecular formula is C15H23BrN2. The molecule has 1 aliphatic rings. The lowest BCUT2D eigenvalue weighted by Crippen LogP contribution is -2.36. The predicted molar refractivity (Wildman–Crippen MR) is 81.0 cm³/mol. The van der Waals surface area contributed by atoms with Gasteiger partial charge in [0.15, 0.2) is 0 Å². The Morgan fingerprint density at radius 1 is 1.28 bits per heavy atom. The van der Waals surface area contributed by atoms with E-state index in [9.17, 15) is 0 Å². The molecule has 1 aromatic carbocycles. The summed E-state index contributed by atoms with van der Waals surface area (Å²) in [5, 5.41) is 7.13. The van der Waals surface area contributed by atoms with Gasteiger partial charge in [-0.05, 0) is 63.0 Å². The van der Waals surface area contributed by atoms with Crippen molar-refractivity contribution in [2.75, 3.05) is 19.6 Å². The summed E-state index contributed by atoms with van der Waals surface area (Å²) in [5.74, 6) is 0. The molecule has 1 atom stereocenters. The lowest BCUT2D eigenvalue weighted by Gasteiger charge is -2.23. The van der Waals surface area contributed by atoms with E-state index in [1.807, 2.05) is 0 Å². The average molecular weight is 311 g/mol. The molecule has 1 unspecified atom stereocenters. The van der Waals surface area contributed by atoms with E-state index in [1.165, 1.54) is 42.3 Å². The minimum atomic E-state index is 0.747. The van der Waals surface area contributed by atoms with Crippen LogP contribution >= 0.6 is 15.9 Å². The summed E-state index contributed by atoms with van der Waals surface area (Å²) in [4.78, 5) is 0. The molecule has 1 fully saturated rings. The highest BCUT2D eigenvalue weighted by Crippen LogP contribution is 2.12. The number of piperidine rings is 1. The monoisotopic (exact) mass is 310 g/mol. The van der Waals surface area contributed by atoms with Crippen molar-refractivity contribution in [3.05, 3.63) is 34.3 Å². The zero-order valence-corrected chi connectivity index (χ0v) is 12.5. The smallest absolute Gasteiger partial charge is 0.0178 e. The van der Waals surface area contributed by atoms with E-state index in [0.29, 0.717) is 0 Å². The molecule has 0 aromatic heterocycles. The molecule has 2 nitrogen and oxygen atoms in total. The van der Waals surface area contributed by atoms with E-state index in [2.05, 4.69) is 50.8 Å². The van der Waals surface area contributed by atoms with Gasteiger partial charge in [-0.25, -0.2) is 0 Å². The van der Waals surface area contributed by atoms with E-state index in [4.69, 9.17) is 0 Å². The van der Waals surface area contributed by atoms with Gasteiger partial charge in [-0.3, -0.25) is 0 Å². The Labute approximate surface area is 119 Å². The summed E-state index contributed by atoms with van der Waals surface area (Å²) in [7, 11) is 0. The molecule has 1 aliphatic heterocycles. The number of nitrogens with one attached hydrogen (secondary N) is 2. The van der Waals surface area contributed by atoms with Crippen LogP contribution < -0.4 is 10.6 Å². The van der Waals surface area contributed by atoms with Gasteiger partial charge in [0.2, 0.25) is 0 Å². The number of rotatable bonds is 6. The maximum atomic E-state index is 3.59. The van der Waals surface area contributed by atoms with Crippen LogP contribution in [0.1, 0.15) is 31.2 Å². The van der Waals surface area contributed by atoms with Gasteiger partial charge < -0.3 is 10.6 Å². The third-order valence-electron chi connectivity index (χ3n) is 3.56. The fourth-order valence-corrected chi connectivity index (χ4v) is 2.94. The highest BCUT2D eigenvalue weighted by Gasteiger charge is 2.11. The fraction of sp³-hybridized carbons (Fsp3) is 0.600. The molecule has 3 heteroatoms. The quantitative estimate of drug-likeness (QED) is 0.789. The molecule has 0 amide bonds. The Morgan fingerprint density at radius 3 is 3.00 bits per heavy atom. The largest absolute Gasteiger partial charge is 0.316 e. The second-order valence-electron chi connectivity index (χ2n) is 5.07. The highest BCUT2D eigenvalue weighted by atomic mass is 79.9. The third kappa shape index (κ3) is 5.09. The third-order valence-corrected chi connectivity index (χ3v) is 4.05. The van der Waals surface area contributed by atoms with E-state index in [0.717, 1.165) is 25.6 Å². The molecule has 0 bridgehead atoms. The summed E-state index contributed by atoms with van der Waals surface area (Å²) in [6, 6.07) is 9.31. The molecule has 0 aliphatic carbocycles. The van der Waals surface area contributed by atoms with Gasteiger partial charge in [0, 0.05) is 10.5 Å². The van der Waals surface area contributed by atoms with Gasteiger partial charge in [0.1, 0.15) is 0 Å². The van der Waals surface area contributed by atoms with E-state index >= 15 is 0 Å². The van der Waals surface area contributed by atoms with Gasteiger partial charge >= 0.3 is 0 Å². The number of hydrogen-bond acceptors (Lipinski definition) is 2. The normalized spacial score (nSPS) is 19.9. The summed E-state index contributed by atoms with van der Waals surface area (Å²) in [6.45, 7) is 3.41. The fourth-order valence-electron chi connectivity index (χ4n) is 2.50. The molecule has 1 saturated heterocycles. The van der Waals surface area contributed by atoms with Crippen molar-refractivity contribution in [2.45, 2.75) is 38.1 Å². The Hall–Kier alpha value is -0.380. The van der Waals surface area contributed by atoms with Crippen molar-refractivity contribution in [3.63, 3.8) is 0 Å². The molecule has 0 spiro atoms. The van der Waals surface area contributed by atoms with Crippen LogP contribution in [-0.2, 0) is 6.42 Å². The Morgan fingerprint density at radius 2 is 2.22 bits per heavy atom. The zero-order chi connectivity index (χ0) is 12.6. The van der Waals surface area contributed by atoms with Crippen LogP contribution in [0.3, 0.4) is 0 Å². The number of hydrogen-bond donors (Lipinski definition) is 2. The predicted octanol–water partition coefficient (Wildman–Crippen LogP) is 3.11. The summed E-state index contributed by atoms with van der Waals surface area (Å²) in [6.07, 6.45) is 6.48. The summed E-state index contributed by atoms with van der Waals surface area (Å²) in [5.41, 5.74) is 1.40. The Bertz CT molecular complexity index is 348. The van der Waals surface area contributed by atoms with Crippen LogP contribution in [0, 0.1) is 0 Å². The molecule has 0 saturated carbocycles. The van der Waals surface area contributed by atoms with Gasteiger partial charge in [-0.1, -0.05) is 34.5 Å². The highest BCUT2D eigenvalue weighted by molar-refractivity contribution is 9.10. The zero-order valence-electron chi connectivity index (χ0n) is 10.9. The van der Waals surface area contributed by atoms with E-state index in [-0.39, 0.29) is 0 Å². The lowest BCUT2D eigenvalue weighted by atomic mass is 10.0. The summed E-state index contributed by atoms with van der Waals surface area (Å²) >= 11 is 3.51. The van der Waals surface area contributed by atoms with Crippen molar-refractivity contribution in [1.82, 2.24) is 10.6 Å². The first-order valence-electron chi connectivity index (χ1n) is 7.03. The minimum absolute atomic E-state index is 0.747. The van der Waals surface area contributed by atoms with Gasteiger partial charge in [0.25, 0.3) is 0 Å². The van der Waals surface area contributed by atoms with Crippen LogP contribution in [0.4, 0.5) is 0 Å². The first kappa shape index (κ1) is 14.0. The van der Waals surface area contributed by atoms with E-state index in [1.54, 1.807) is 0 Å². The van der Waals surface area contributed by atoms with Gasteiger partial charge in [-0.2, -0.15) is 0 Å². The maximum absolute atomic E-state index is 3.59. The first-order chi connectivity index (χ1) is 8.84. The van der Waals surface area contributed by atoms with Crippen LogP contribution in [0.5, 0.6) is 0 Å². The molecule has 1 aromatic rings. The molecule has 2 rings (SSSR count). The number of benzene rings is 1. The van der Waals surface area contributed by atoms with Crippen LogP contribution in [0.25, 0.3) is 0 Å². The van der Waals surface area contributed by atoms with Crippen molar-refractivity contribution in [1.29, 1.82) is 0 Å². The van der Waals surface area contributed by atoms with Crippen molar-refractivity contribution < 1.29 is 0 Å². The van der Waals surface area contributed by atoms with Crippen LogP contribution in [0.2, 0.25) is 0 Å². The molecule has 18 heavy (non-hydrogen) atoms. The van der Waals surface area contributed by atoms with Crippen LogP contribution in [0.15, 0.2) is 28.7 Å². The van der Waals surface area contributed by atoms with Gasteiger partial charge in [-0.15, -0.1) is 0 Å². The second kappa shape index (κ2) is 7.93. The lowest BCUT2D eigenvalue weighted by molar-refractivity contribution is 0.377. The topological polar surface area (TPSA) is 24.1 Å². The average Bonchev–Trinajstić information content (AvgIpc) is 2.40. The second-order valence-corrected chi connectivity index (χ2v) is 5.98. The molecular weight excluding hydrogens is 288 g/mol. The number of halogens is 1. The molecule has 100 valence electrons.